The molecule has 1 aromatic heterocycles. The summed E-state index contributed by atoms with van der Waals surface area (Å²) in [4.78, 5) is 13.5. The van der Waals surface area contributed by atoms with Crippen molar-refractivity contribution in [1.29, 1.82) is 0 Å². The molecule has 1 amide bonds. The molecule has 6 rings (SSSR count). The maximum atomic E-state index is 13.2. The topological polar surface area (TPSA) is 71.4 Å². The number of nitrogens with one attached hydrogen (secondary N) is 1. The summed E-state index contributed by atoms with van der Waals surface area (Å²) in [6.07, 6.45) is 3.82. The molecule has 1 aliphatic heterocycles. The predicted molar refractivity (Wildman–Crippen MR) is 136 cm³/mol. The van der Waals surface area contributed by atoms with E-state index in [-0.39, 0.29) is 16.3 Å². The lowest BCUT2D eigenvalue weighted by atomic mass is 9.97. The molecule has 1 spiro atoms. The molecule has 0 atom stereocenters. The van der Waals surface area contributed by atoms with Gasteiger partial charge in [0.15, 0.2) is 0 Å². The molecule has 0 saturated heterocycles. The molecule has 4 aromatic rings. The van der Waals surface area contributed by atoms with E-state index >= 15 is 0 Å². The van der Waals surface area contributed by atoms with E-state index in [4.69, 9.17) is 0 Å². The van der Waals surface area contributed by atoms with E-state index in [9.17, 15) is 13.2 Å². The molecular weight excluding hydrogens is 458 g/mol. The van der Waals surface area contributed by atoms with Gasteiger partial charge >= 0.3 is 0 Å². The summed E-state index contributed by atoms with van der Waals surface area (Å²) in [5.74, 6) is -0.0819. The normalized spacial score (nSPS) is 15.9. The van der Waals surface area contributed by atoms with Gasteiger partial charge in [0.25, 0.3) is 5.91 Å². The number of amides is 1. The van der Waals surface area contributed by atoms with Crippen LogP contribution in [-0.2, 0) is 15.6 Å². The van der Waals surface area contributed by atoms with Gasteiger partial charge in [-0.1, -0.05) is 54.6 Å². The van der Waals surface area contributed by atoms with Gasteiger partial charge < -0.3 is 9.88 Å². The van der Waals surface area contributed by atoms with Gasteiger partial charge in [0, 0.05) is 31.4 Å². The number of hydrogen-bond acceptors (Lipinski definition) is 3. The molecule has 176 valence electrons. The molecule has 3 aromatic carbocycles. The van der Waals surface area contributed by atoms with E-state index in [0.717, 1.165) is 46.3 Å². The van der Waals surface area contributed by atoms with Crippen molar-refractivity contribution >= 4 is 15.9 Å². The van der Waals surface area contributed by atoms with Gasteiger partial charge in [-0.3, -0.25) is 4.79 Å². The Hall–Kier alpha value is -3.68. The number of nitrogens with zero attached hydrogens (tertiary/aromatic N) is 2. The van der Waals surface area contributed by atoms with Gasteiger partial charge in [-0.2, -0.15) is 0 Å². The first-order chi connectivity index (χ1) is 16.8. The molecule has 0 radical (unpaired) electrons. The van der Waals surface area contributed by atoms with Crippen molar-refractivity contribution < 1.29 is 13.2 Å². The van der Waals surface area contributed by atoms with Crippen LogP contribution >= 0.6 is 0 Å². The van der Waals surface area contributed by atoms with Gasteiger partial charge in [-0.05, 0) is 53.8 Å². The molecular formula is C28H25N3O3S. The monoisotopic (exact) mass is 483 g/mol. The van der Waals surface area contributed by atoms with Gasteiger partial charge in [-0.15, -0.1) is 0 Å². The van der Waals surface area contributed by atoms with Crippen LogP contribution in [0.4, 0.5) is 0 Å². The Morgan fingerprint density at radius 3 is 2.26 bits per heavy atom. The maximum absolute atomic E-state index is 13.2. The Bertz CT molecular complexity index is 1580. The average Bonchev–Trinajstić information content (AvgIpc) is 3.52. The lowest BCUT2D eigenvalue weighted by Crippen LogP contribution is -2.33. The van der Waals surface area contributed by atoms with Crippen LogP contribution in [0.25, 0.3) is 27.9 Å². The Balaban J connectivity index is 1.53. The predicted octanol–water partition coefficient (Wildman–Crippen LogP) is 4.79. The zero-order valence-electron chi connectivity index (χ0n) is 19.5. The number of sulfonamides is 1. The molecule has 7 heteroatoms. The van der Waals surface area contributed by atoms with Crippen molar-refractivity contribution in [2.45, 2.75) is 23.3 Å². The fourth-order valence-electron chi connectivity index (χ4n) is 4.86. The lowest BCUT2D eigenvalue weighted by Gasteiger charge is -2.19. The first-order valence-electron chi connectivity index (χ1n) is 11.6. The fourth-order valence-corrected chi connectivity index (χ4v) is 5.80. The van der Waals surface area contributed by atoms with Gasteiger partial charge in [0.2, 0.25) is 10.0 Å². The van der Waals surface area contributed by atoms with Crippen molar-refractivity contribution in [2.24, 2.45) is 0 Å². The van der Waals surface area contributed by atoms with Crippen molar-refractivity contribution in [2.75, 3.05) is 14.1 Å². The second-order valence-electron chi connectivity index (χ2n) is 9.43. The number of benzene rings is 3. The van der Waals surface area contributed by atoms with Gasteiger partial charge in [0.1, 0.15) is 5.69 Å². The number of carbonyl (C=O) groups is 1. The van der Waals surface area contributed by atoms with Crippen molar-refractivity contribution in [3.8, 4) is 27.9 Å². The highest BCUT2D eigenvalue weighted by atomic mass is 32.2. The average molecular weight is 484 g/mol. The van der Waals surface area contributed by atoms with Gasteiger partial charge in [0.05, 0.1) is 16.1 Å². The molecule has 35 heavy (non-hydrogen) atoms. The number of hydrogen-bond donors (Lipinski definition) is 1. The summed E-state index contributed by atoms with van der Waals surface area (Å²) in [7, 11) is -0.491. The lowest BCUT2D eigenvalue weighted by molar-refractivity contribution is 0.0927. The van der Waals surface area contributed by atoms with E-state index < -0.39 is 10.0 Å². The van der Waals surface area contributed by atoms with Crippen molar-refractivity contribution in [3.63, 3.8) is 0 Å². The molecule has 0 unspecified atom stereocenters. The summed E-state index contributed by atoms with van der Waals surface area (Å²) < 4.78 is 28.6. The van der Waals surface area contributed by atoms with Crippen molar-refractivity contribution in [1.82, 2.24) is 14.2 Å². The van der Waals surface area contributed by atoms with Crippen LogP contribution in [0.15, 0.2) is 90.0 Å². The molecule has 1 fully saturated rings. The Morgan fingerprint density at radius 2 is 1.54 bits per heavy atom. The first-order valence-corrected chi connectivity index (χ1v) is 13.0. The van der Waals surface area contributed by atoms with Crippen LogP contribution in [0.3, 0.4) is 0 Å². The molecule has 0 bridgehead atoms. The quantitative estimate of drug-likeness (QED) is 0.454. The molecule has 1 saturated carbocycles. The largest absolute Gasteiger partial charge is 0.341 e. The summed E-state index contributed by atoms with van der Waals surface area (Å²) in [6, 6.07) is 25.1. The standard InChI is InChI=1S/C28H25N3O3S/c1-30(2)35(33,34)23-10-6-9-20(15-23)21-11-12-24-25(16-21)31-18-22(19-7-4-3-5-8-19)17-26(31)27(32)29-28(24)13-14-28/h3-12,15-18H,13-14H2,1-2H3,(H,29,32). The summed E-state index contributed by atoms with van der Waals surface area (Å²) in [5.41, 5.74) is 5.99. The smallest absolute Gasteiger partial charge is 0.268 e. The Labute approximate surface area is 204 Å². The van der Waals surface area contributed by atoms with E-state index in [1.807, 2.05) is 59.3 Å². The minimum Gasteiger partial charge on any atom is -0.341 e. The van der Waals surface area contributed by atoms with Crippen LogP contribution in [0, 0.1) is 0 Å². The molecule has 1 aliphatic carbocycles. The molecule has 2 aliphatic rings. The SMILES string of the molecule is CN(C)S(=O)(=O)c1cccc(-c2ccc3c(c2)-n2cc(-c4ccccc4)cc2C(=O)NC32CC2)c1. The van der Waals surface area contributed by atoms with E-state index in [1.165, 1.54) is 18.4 Å². The highest BCUT2D eigenvalue weighted by Gasteiger charge is 2.49. The first kappa shape index (κ1) is 21.8. The third-order valence-corrected chi connectivity index (χ3v) is 8.79. The highest BCUT2D eigenvalue weighted by Crippen LogP contribution is 2.50. The summed E-state index contributed by atoms with van der Waals surface area (Å²) in [5, 5.41) is 3.26. The minimum atomic E-state index is -3.55. The zero-order chi connectivity index (χ0) is 24.4. The van der Waals surface area contributed by atoms with Gasteiger partial charge in [-0.25, -0.2) is 12.7 Å². The number of rotatable bonds is 4. The molecule has 2 heterocycles. The fraction of sp³-hybridized carbons (Fsp3) is 0.179. The summed E-state index contributed by atoms with van der Waals surface area (Å²) in [6.45, 7) is 0. The third-order valence-electron chi connectivity index (χ3n) is 6.98. The Morgan fingerprint density at radius 1 is 0.829 bits per heavy atom. The maximum Gasteiger partial charge on any atom is 0.268 e. The van der Waals surface area contributed by atoms with Crippen LogP contribution in [0.1, 0.15) is 28.9 Å². The van der Waals surface area contributed by atoms with E-state index in [2.05, 4.69) is 17.4 Å². The number of fused-ring (bicyclic) bond motifs is 4. The van der Waals surface area contributed by atoms with Crippen LogP contribution in [0.2, 0.25) is 0 Å². The number of aromatic nitrogens is 1. The number of carbonyl (C=O) groups excluding carboxylic acids is 1. The minimum absolute atomic E-state index is 0.0819. The Kier molecular flexibility index (Phi) is 4.78. The van der Waals surface area contributed by atoms with E-state index in [1.54, 1.807) is 18.2 Å². The van der Waals surface area contributed by atoms with Crippen molar-refractivity contribution in [3.05, 3.63) is 96.3 Å². The zero-order valence-corrected chi connectivity index (χ0v) is 20.3. The second-order valence-corrected chi connectivity index (χ2v) is 11.6. The van der Waals surface area contributed by atoms with Crippen LogP contribution in [0.5, 0.6) is 0 Å². The van der Waals surface area contributed by atoms with E-state index in [0.29, 0.717) is 5.69 Å². The third kappa shape index (κ3) is 3.50. The molecule has 1 N–H and O–H groups in total. The second kappa shape index (κ2) is 7.66. The van der Waals surface area contributed by atoms with Crippen LogP contribution < -0.4 is 5.32 Å². The van der Waals surface area contributed by atoms with Crippen LogP contribution in [-0.4, -0.2) is 37.3 Å². The summed E-state index contributed by atoms with van der Waals surface area (Å²) >= 11 is 0. The highest BCUT2D eigenvalue weighted by molar-refractivity contribution is 7.89. The molecule has 6 nitrogen and oxygen atoms in total.